The second-order valence-electron chi connectivity index (χ2n) is 5.40. The summed E-state index contributed by atoms with van der Waals surface area (Å²) >= 11 is 0. The normalized spacial score (nSPS) is 12.3. The van der Waals surface area contributed by atoms with E-state index in [0.717, 1.165) is 0 Å². The predicted octanol–water partition coefficient (Wildman–Crippen LogP) is 5.01. The first kappa shape index (κ1) is 20.6. The molecule has 6 heteroatoms. The highest BCUT2D eigenvalue weighted by Crippen LogP contribution is 2.38. The van der Waals surface area contributed by atoms with Crippen molar-refractivity contribution in [3.8, 4) is 0 Å². The number of furan rings is 1. The molecule has 1 atom stereocenters. The number of hydrogen-bond acceptors (Lipinski definition) is 4. The van der Waals surface area contributed by atoms with Gasteiger partial charge in [-0.05, 0) is 42.0 Å². The van der Waals surface area contributed by atoms with E-state index in [-0.39, 0.29) is 5.82 Å². The first-order valence-corrected chi connectivity index (χ1v) is 10.1. The average molecular weight is 387 g/mol. The van der Waals surface area contributed by atoms with Crippen LogP contribution >= 0.6 is 0 Å². The minimum absolute atomic E-state index is 0.374. The molecule has 0 fully saturated rings. The standard InChI is InChI=1S/C19H16FNO3S.C2H6/c1-21-18-16-11-13(20)6-7-17(16)24-19(18)15(8-9-22)12-4-3-5-14(10-12)25(2)23;1-2/h3-11,21H,1-2H3;1-2H3/b15-8-;. The molecule has 0 radical (unpaired) electrons. The number of allylic oxidation sites excluding steroid dienone is 1. The molecule has 4 nitrogen and oxygen atoms in total. The van der Waals surface area contributed by atoms with Crippen molar-refractivity contribution in [3.63, 3.8) is 0 Å². The zero-order chi connectivity index (χ0) is 20.0. The second-order valence-corrected chi connectivity index (χ2v) is 6.77. The Balaban J connectivity index is 0.00000126. The summed E-state index contributed by atoms with van der Waals surface area (Å²) in [6.45, 7) is 4.00. The van der Waals surface area contributed by atoms with Crippen LogP contribution in [0.4, 0.5) is 10.1 Å². The maximum atomic E-state index is 13.6. The van der Waals surface area contributed by atoms with Crippen LogP contribution in [-0.4, -0.2) is 23.8 Å². The van der Waals surface area contributed by atoms with Gasteiger partial charge in [0.05, 0.1) is 5.69 Å². The SMILES string of the molecule is CC.CNc1c(/C(=C\C=O)c2cccc(S(C)=O)c2)oc2ccc(F)cc12. The molecule has 0 saturated carbocycles. The van der Waals surface area contributed by atoms with Gasteiger partial charge >= 0.3 is 0 Å². The quantitative estimate of drug-likeness (QED) is 0.494. The number of hydrogen-bond donors (Lipinski definition) is 1. The Morgan fingerprint density at radius 1 is 1.19 bits per heavy atom. The van der Waals surface area contributed by atoms with Crippen molar-refractivity contribution in [2.45, 2.75) is 18.7 Å². The lowest BCUT2D eigenvalue weighted by Gasteiger charge is -2.08. The number of nitrogens with one attached hydrogen (secondary N) is 1. The van der Waals surface area contributed by atoms with Crippen LogP contribution in [0.25, 0.3) is 16.5 Å². The molecule has 3 aromatic rings. The van der Waals surface area contributed by atoms with E-state index in [9.17, 15) is 13.4 Å². The van der Waals surface area contributed by atoms with E-state index in [1.807, 2.05) is 13.8 Å². The monoisotopic (exact) mass is 387 g/mol. The number of carbonyl (C=O) groups excluding carboxylic acids is 1. The van der Waals surface area contributed by atoms with E-state index >= 15 is 0 Å². The summed E-state index contributed by atoms with van der Waals surface area (Å²) in [4.78, 5) is 11.8. The van der Waals surface area contributed by atoms with Gasteiger partial charge in [0.25, 0.3) is 0 Å². The summed E-state index contributed by atoms with van der Waals surface area (Å²) in [6, 6.07) is 11.3. The summed E-state index contributed by atoms with van der Waals surface area (Å²) in [5, 5.41) is 3.60. The van der Waals surface area contributed by atoms with Crippen LogP contribution in [0, 0.1) is 5.82 Å². The minimum atomic E-state index is -1.15. The molecule has 3 rings (SSSR count). The molecule has 27 heavy (non-hydrogen) atoms. The largest absolute Gasteiger partial charge is 0.454 e. The summed E-state index contributed by atoms with van der Waals surface area (Å²) < 4.78 is 31.2. The molecule has 1 aromatic heterocycles. The van der Waals surface area contributed by atoms with Gasteiger partial charge in [0, 0.05) is 40.0 Å². The summed E-state index contributed by atoms with van der Waals surface area (Å²) in [5.74, 6) is 0.0508. The molecule has 2 aromatic carbocycles. The lowest BCUT2D eigenvalue weighted by atomic mass is 10.0. The maximum Gasteiger partial charge on any atom is 0.159 e. The lowest BCUT2D eigenvalue weighted by Crippen LogP contribution is -1.96. The van der Waals surface area contributed by atoms with E-state index in [1.54, 1.807) is 43.6 Å². The average Bonchev–Trinajstić information content (AvgIpc) is 3.05. The van der Waals surface area contributed by atoms with E-state index in [2.05, 4.69) is 5.32 Å². The molecule has 0 spiro atoms. The van der Waals surface area contributed by atoms with Gasteiger partial charge in [-0.25, -0.2) is 4.39 Å². The van der Waals surface area contributed by atoms with Gasteiger partial charge < -0.3 is 9.73 Å². The van der Waals surface area contributed by atoms with Crippen LogP contribution in [-0.2, 0) is 15.6 Å². The molecule has 0 aliphatic heterocycles. The molecule has 0 aliphatic carbocycles. The van der Waals surface area contributed by atoms with Crippen LogP contribution in [0.3, 0.4) is 0 Å². The molecule has 1 heterocycles. The fourth-order valence-corrected chi connectivity index (χ4v) is 3.28. The van der Waals surface area contributed by atoms with Gasteiger partial charge in [-0.1, -0.05) is 26.0 Å². The van der Waals surface area contributed by atoms with Crippen LogP contribution in [0.15, 0.2) is 57.9 Å². The van der Waals surface area contributed by atoms with Gasteiger partial charge in [0.2, 0.25) is 0 Å². The number of benzene rings is 2. The Morgan fingerprint density at radius 3 is 2.56 bits per heavy atom. The van der Waals surface area contributed by atoms with E-state index < -0.39 is 10.8 Å². The fourth-order valence-electron chi connectivity index (χ4n) is 2.72. The second kappa shape index (κ2) is 9.28. The predicted molar refractivity (Wildman–Crippen MR) is 109 cm³/mol. The van der Waals surface area contributed by atoms with Crippen LogP contribution in [0.1, 0.15) is 25.2 Å². The third-order valence-electron chi connectivity index (χ3n) is 3.86. The summed E-state index contributed by atoms with van der Waals surface area (Å²) in [5.41, 5.74) is 2.32. The van der Waals surface area contributed by atoms with Gasteiger partial charge in [0.15, 0.2) is 5.76 Å². The summed E-state index contributed by atoms with van der Waals surface area (Å²) in [7, 11) is 0.551. The highest BCUT2D eigenvalue weighted by Gasteiger charge is 2.19. The Bertz CT molecular complexity index is 1010. The van der Waals surface area contributed by atoms with Crippen molar-refractivity contribution in [1.29, 1.82) is 0 Å². The van der Waals surface area contributed by atoms with Crippen LogP contribution < -0.4 is 5.32 Å². The number of carbonyl (C=O) groups is 1. The smallest absolute Gasteiger partial charge is 0.159 e. The molecule has 0 aliphatic rings. The van der Waals surface area contributed by atoms with Crippen molar-refractivity contribution >= 4 is 39.3 Å². The number of fused-ring (bicyclic) bond motifs is 1. The Morgan fingerprint density at radius 2 is 1.93 bits per heavy atom. The van der Waals surface area contributed by atoms with Gasteiger partial charge in [-0.3, -0.25) is 9.00 Å². The third kappa shape index (κ3) is 4.34. The van der Waals surface area contributed by atoms with Crippen molar-refractivity contribution < 1.29 is 17.8 Å². The van der Waals surface area contributed by atoms with E-state index in [0.29, 0.717) is 44.7 Å². The number of rotatable bonds is 5. The Kier molecular flexibility index (Phi) is 7.07. The van der Waals surface area contributed by atoms with Gasteiger partial charge in [-0.2, -0.15) is 0 Å². The molecular formula is C21H22FNO3S. The van der Waals surface area contributed by atoms with Crippen molar-refractivity contribution in [3.05, 3.63) is 65.7 Å². The molecule has 0 saturated heterocycles. The molecule has 1 unspecified atom stereocenters. The number of halogens is 1. The van der Waals surface area contributed by atoms with E-state index in [4.69, 9.17) is 4.42 Å². The fraction of sp³-hybridized carbons (Fsp3) is 0.190. The van der Waals surface area contributed by atoms with Crippen molar-refractivity contribution in [2.75, 3.05) is 18.6 Å². The van der Waals surface area contributed by atoms with Gasteiger partial charge in [-0.15, -0.1) is 0 Å². The first-order valence-electron chi connectivity index (χ1n) is 8.54. The highest BCUT2D eigenvalue weighted by atomic mass is 32.2. The molecule has 142 valence electrons. The van der Waals surface area contributed by atoms with Crippen LogP contribution in [0.2, 0.25) is 0 Å². The Hall–Kier alpha value is -2.73. The zero-order valence-corrected chi connectivity index (χ0v) is 16.5. The number of anilines is 1. The molecule has 0 bridgehead atoms. The number of aldehydes is 1. The van der Waals surface area contributed by atoms with Crippen molar-refractivity contribution in [2.24, 2.45) is 0 Å². The van der Waals surface area contributed by atoms with Crippen LogP contribution in [0.5, 0.6) is 0 Å². The summed E-state index contributed by atoms with van der Waals surface area (Å²) in [6.07, 6.45) is 3.63. The third-order valence-corrected chi connectivity index (χ3v) is 4.77. The lowest BCUT2D eigenvalue weighted by molar-refractivity contribution is -0.104. The topological polar surface area (TPSA) is 59.3 Å². The first-order chi connectivity index (χ1) is 13.0. The molecular weight excluding hydrogens is 365 g/mol. The Labute approximate surface area is 160 Å². The van der Waals surface area contributed by atoms with Gasteiger partial charge in [0.1, 0.15) is 17.7 Å². The maximum absolute atomic E-state index is 13.6. The van der Waals surface area contributed by atoms with Crippen molar-refractivity contribution in [1.82, 2.24) is 0 Å². The highest BCUT2D eigenvalue weighted by molar-refractivity contribution is 7.84. The molecule has 1 N–H and O–H groups in total. The minimum Gasteiger partial charge on any atom is -0.454 e. The van der Waals surface area contributed by atoms with E-state index in [1.165, 1.54) is 18.2 Å². The molecule has 0 amide bonds. The zero-order valence-electron chi connectivity index (χ0n) is 15.7.